The summed E-state index contributed by atoms with van der Waals surface area (Å²) in [5, 5.41) is 4.32. The van der Waals surface area contributed by atoms with Crippen molar-refractivity contribution in [2.45, 2.75) is 26.9 Å². The molecule has 0 saturated carbocycles. The van der Waals surface area contributed by atoms with E-state index in [1.165, 1.54) is 0 Å². The molecule has 0 N–H and O–H groups in total. The fraction of sp³-hybridized carbons (Fsp3) is 0.333. The molecular weight excluding hydrogens is 202 g/mol. The maximum Gasteiger partial charge on any atom is 0.196 e. The van der Waals surface area contributed by atoms with Crippen molar-refractivity contribution in [3.05, 3.63) is 36.3 Å². The summed E-state index contributed by atoms with van der Waals surface area (Å²) in [6.45, 7) is 5.93. The summed E-state index contributed by atoms with van der Waals surface area (Å²) in [7, 11) is 0. The molecule has 0 spiro atoms. The minimum atomic E-state index is 0.125. The average Bonchev–Trinajstić information content (AvgIpc) is 2.65. The third-order valence-corrected chi connectivity index (χ3v) is 2.05. The summed E-state index contributed by atoms with van der Waals surface area (Å²) < 4.78 is 7.41. The first-order valence-corrected chi connectivity index (χ1v) is 5.31. The number of aromatic nitrogens is 3. The summed E-state index contributed by atoms with van der Waals surface area (Å²) >= 11 is 0. The smallest absolute Gasteiger partial charge is 0.196 e. The Kier molecular flexibility index (Phi) is 2.90. The molecule has 16 heavy (non-hydrogen) atoms. The molecule has 84 valence electrons. The second kappa shape index (κ2) is 4.35. The fourth-order valence-corrected chi connectivity index (χ4v) is 1.43. The Morgan fingerprint density at radius 1 is 1.31 bits per heavy atom. The predicted molar refractivity (Wildman–Crippen MR) is 61.9 cm³/mol. The maximum atomic E-state index is 5.69. The zero-order valence-electron chi connectivity index (χ0n) is 9.71. The molecule has 4 heteroatoms. The van der Waals surface area contributed by atoms with E-state index < -0.39 is 0 Å². The Morgan fingerprint density at radius 2 is 2.12 bits per heavy atom. The van der Waals surface area contributed by atoms with Crippen molar-refractivity contribution in [3.63, 3.8) is 0 Å². The van der Waals surface area contributed by atoms with Gasteiger partial charge >= 0.3 is 0 Å². The fourth-order valence-electron chi connectivity index (χ4n) is 1.43. The first-order chi connectivity index (χ1) is 7.66. The van der Waals surface area contributed by atoms with Crippen molar-refractivity contribution < 1.29 is 4.74 Å². The average molecular weight is 217 g/mol. The maximum absolute atomic E-state index is 5.69. The van der Waals surface area contributed by atoms with Crippen LogP contribution >= 0.6 is 0 Å². The van der Waals surface area contributed by atoms with E-state index in [4.69, 9.17) is 4.74 Å². The van der Waals surface area contributed by atoms with Crippen LogP contribution in [0.25, 0.3) is 5.82 Å². The van der Waals surface area contributed by atoms with Gasteiger partial charge in [0.2, 0.25) is 0 Å². The molecule has 0 saturated heterocycles. The molecule has 0 aromatic carbocycles. The molecule has 0 aliphatic carbocycles. The highest BCUT2D eigenvalue weighted by atomic mass is 16.5. The lowest BCUT2D eigenvalue weighted by Crippen LogP contribution is -2.09. The van der Waals surface area contributed by atoms with E-state index in [1.807, 2.05) is 45.2 Å². The van der Waals surface area contributed by atoms with E-state index in [9.17, 15) is 0 Å². The van der Waals surface area contributed by atoms with Crippen molar-refractivity contribution in [1.82, 2.24) is 14.8 Å². The van der Waals surface area contributed by atoms with Gasteiger partial charge in [0.05, 0.1) is 11.8 Å². The lowest BCUT2D eigenvalue weighted by molar-refractivity contribution is 0.240. The quantitative estimate of drug-likeness (QED) is 0.792. The molecule has 0 atom stereocenters. The van der Waals surface area contributed by atoms with E-state index >= 15 is 0 Å². The van der Waals surface area contributed by atoms with E-state index in [1.54, 1.807) is 10.9 Å². The van der Waals surface area contributed by atoms with Gasteiger partial charge < -0.3 is 4.74 Å². The predicted octanol–water partition coefficient (Wildman–Crippen LogP) is 2.36. The minimum Gasteiger partial charge on any atom is -0.487 e. The second-order valence-electron chi connectivity index (χ2n) is 3.89. The largest absolute Gasteiger partial charge is 0.487 e. The molecule has 4 nitrogen and oxygen atoms in total. The van der Waals surface area contributed by atoms with Gasteiger partial charge in [-0.05, 0) is 39.0 Å². The number of hydrogen-bond donors (Lipinski definition) is 0. The molecular formula is C12H15N3O. The molecule has 2 aromatic rings. The number of aryl methyl sites for hydroxylation is 1. The molecule has 0 aliphatic rings. The summed E-state index contributed by atoms with van der Waals surface area (Å²) in [5.41, 5.74) is 0.959. The van der Waals surface area contributed by atoms with Crippen LogP contribution in [-0.2, 0) is 0 Å². The van der Waals surface area contributed by atoms with Crippen LogP contribution in [0.15, 0.2) is 30.6 Å². The summed E-state index contributed by atoms with van der Waals surface area (Å²) in [6.07, 6.45) is 3.74. The van der Waals surface area contributed by atoms with Gasteiger partial charge in [-0.15, -0.1) is 0 Å². The summed E-state index contributed by atoms with van der Waals surface area (Å²) in [5.74, 6) is 1.48. The van der Waals surface area contributed by atoms with Crippen molar-refractivity contribution in [3.8, 4) is 11.6 Å². The topological polar surface area (TPSA) is 39.9 Å². The molecule has 2 heterocycles. The monoisotopic (exact) mass is 217 g/mol. The van der Waals surface area contributed by atoms with Crippen molar-refractivity contribution in [1.29, 1.82) is 0 Å². The molecule has 0 amide bonds. The van der Waals surface area contributed by atoms with E-state index in [0.29, 0.717) is 0 Å². The summed E-state index contributed by atoms with van der Waals surface area (Å²) in [4.78, 5) is 4.29. The number of pyridine rings is 1. The zero-order chi connectivity index (χ0) is 11.5. The number of rotatable bonds is 3. The van der Waals surface area contributed by atoms with Gasteiger partial charge in [-0.1, -0.05) is 0 Å². The Labute approximate surface area is 94.9 Å². The van der Waals surface area contributed by atoms with Crippen LogP contribution in [0.4, 0.5) is 0 Å². The van der Waals surface area contributed by atoms with Crippen molar-refractivity contribution in [2.24, 2.45) is 0 Å². The molecule has 2 rings (SSSR count). The first kappa shape index (κ1) is 10.7. The van der Waals surface area contributed by atoms with Crippen molar-refractivity contribution >= 4 is 0 Å². The van der Waals surface area contributed by atoms with Crippen LogP contribution in [0.1, 0.15) is 19.5 Å². The minimum absolute atomic E-state index is 0.125. The normalized spacial score (nSPS) is 10.8. The van der Waals surface area contributed by atoms with Gasteiger partial charge in [-0.3, -0.25) is 0 Å². The Morgan fingerprint density at radius 3 is 2.75 bits per heavy atom. The van der Waals surface area contributed by atoms with E-state index in [-0.39, 0.29) is 6.10 Å². The lowest BCUT2D eigenvalue weighted by Gasteiger charge is -2.12. The Bertz CT molecular complexity index is 477. The molecule has 0 unspecified atom stereocenters. The zero-order valence-corrected chi connectivity index (χ0v) is 9.71. The number of hydrogen-bond acceptors (Lipinski definition) is 3. The number of nitrogens with zero attached hydrogens (tertiary/aromatic N) is 3. The van der Waals surface area contributed by atoms with Gasteiger partial charge in [-0.25, -0.2) is 9.67 Å². The van der Waals surface area contributed by atoms with Crippen LogP contribution in [0, 0.1) is 6.92 Å². The van der Waals surface area contributed by atoms with Crippen LogP contribution in [-0.4, -0.2) is 20.9 Å². The van der Waals surface area contributed by atoms with E-state index in [2.05, 4.69) is 10.1 Å². The Balaban J connectivity index is 2.40. The molecule has 0 aliphatic heterocycles. The van der Waals surface area contributed by atoms with Crippen LogP contribution in [0.2, 0.25) is 0 Å². The first-order valence-electron chi connectivity index (χ1n) is 5.31. The molecule has 0 radical (unpaired) electrons. The SMILES string of the molecule is Cc1ccn(-c2ncccc2OC(C)C)n1. The standard InChI is InChI=1S/C12H15N3O/c1-9(2)16-11-5-4-7-13-12(11)15-8-6-10(3)14-15/h4-9H,1-3H3. The lowest BCUT2D eigenvalue weighted by atomic mass is 10.4. The van der Waals surface area contributed by atoms with Gasteiger partial charge in [0.1, 0.15) is 0 Å². The Hall–Kier alpha value is -1.84. The van der Waals surface area contributed by atoms with Gasteiger partial charge in [-0.2, -0.15) is 5.10 Å². The van der Waals surface area contributed by atoms with Crippen LogP contribution < -0.4 is 4.74 Å². The van der Waals surface area contributed by atoms with Gasteiger partial charge in [0.15, 0.2) is 11.6 Å². The van der Waals surface area contributed by atoms with Crippen LogP contribution in [0.3, 0.4) is 0 Å². The third-order valence-electron chi connectivity index (χ3n) is 2.05. The molecule has 0 bridgehead atoms. The summed E-state index contributed by atoms with van der Waals surface area (Å²) in [6, 6.07) is 5.70. The van der Waals surface area contributed by atoms with Gasteiger partial charge in [0, 0.05) is 12.4 Å². The van der Waals surface area contributed by atoms with Crippen molar-refractivity contribution in [2.75, 3.05) is 0 Å². The number of ether oxygens (including phenoxy) is 1. The van der Waals surface area contributed by atoms with Gasteiger partial charge in [0.25, 0.3) is 0 Å². The van der Waals surface area contributed by atoms with Crippen LogP contribution in [0.5, 0.6) is 5.75 Å². The van der Waals surface area contributed by atoms with E-state index in [0.717, 1.165) is 17.3 Å². The highest BCUT2D eigenvalue weighted by Crippen LogP contribution is 2.20. The molecule has 2 aromatic heterocycles. The second-order valence-corrected chi connectivity index (χ2v) is 3.89. The highest BCUT2D eigenvalue weighted by molar-refractivity contribution is 5.39. The highest BCUT2D eigenvalue weighted by Gasteiger charge is 2.08. The third kappa shape index (κ3) is 2.21. The molecule has 0 fully saturated rings.